The van der Waals surface area contributed by atoms with Gasteiger partial charge in [0.25, 0.3) is 0 Å². The van der Waals surface area contributed by atoms with Crippen molar-refractivity contribution < 1.29 is 51.7 Å². The number of hydrogen-bond acceptors (Lipinski definition) is 5. The molecular weight excluding hydrogens is 396 g/mol. The second kappa shape index (κ2) is 31.0. The first-order chi connectivity index (χ1) is 12.3. The maximum Gasteiger partial charge on any atom is 0.329 e. The summed E-state index contributed by atoms with van der Waals surface area (Å²) in [5.74, 6) is -0.500. The number of carboxylic acids is 1. The van der Waals surface area contributed by atoms with E-state index in [2.05, 4.69) is 6.07 Å². The van der Waals surface area contributed by atoms with E-state index in [1.165, 1.54) is 0 Å². The summed E-state index contributed by atoms with van der Waals surface area (Å²) in [6.07, 6.45) is -0.500. The average molecular weight is 437 g/mol. The van der Waals surface area contributed by atoms with Gasteiger partial charge in [-0.25, -0.2) is 4.79 Å². The van der Waals surface area contributed by atoms with E-state index in [1.807, 2.05) is 44.2 Å². The van der Waals surface area contributed by atoms with Crippen LogP contribution >= 0.6 is 0 Å². The zero-order valence-electron chi connectivity index (χ0n) is 18.7. The van der Waals surface area contributed by atoms with Gasteiger partial charge in [-0.15, -0.1) is 0 Å². The van der Waals surface area contributed by atoms with Gasteiger partial charge in [0.05, 0.1) is 0 Å². The van der Waals surface area contributed by atoms with E-state index in [0.717, 1.165) is 0 Å². The maximum absolute atomic E-state index is 9.86. The fourth-order valence-corrected chi connectivity index (χ4v) is 0.724. The van der Waals surface area contributed by atoms with Gasteiger partial charge in [0.2, 0.25) is 0 Å². The summed E-state index contributed by atoms with van der Waals surface area (Å²) in [4.78, 5) is 9.86. The fourth-order valence-electron chi connectivity index (χ4n) is 0.724. The van der Waals surface area contributed by atoms with Crippen LogP contribution in [0.4, 0.5) is 0 Å². The molecule has 0 spiro atoms. The topological polar surface area (TPSA) is 107 Å². The van der Waals surface area contributed by atoms with Crippen LogP contribution in [-0.4, -0.2) is 57.9 Å². The van der Waals surface area contributed by atoms with Crippen LogP contribution in [0.2, 0.25) is 0 Å². The number of aliphatic hydroxyl groups is 3. The van der Waals surface area contributed by atoms with Crippen molar-refractivity contribution in [3.63, 3.8) is 0 Å². The Balaban J connectivity index is -0.0000000819. The third-order valence-electron chi connectivity index (χ3n) is 1.28. The standard InChI is InChI=1S/C6H12O3.C6H5.3C3H8O.Ti/c1-5(2)3-9-4-6(7)8;1-2-4-6-5-3-1;3*1-3(2)4;/h5H,3-4H2,1-2H3,(H,7,8);1-5H;3*3-4H,1-2H3;/q;-1;;;;. The monoisotopic (exact) mass is 437 g/mol. The number of ether oxygens (including phenoxy) is 1. The fraction of sp³-hybridized carbons (Fsp3) is 0.667. The predicted octanol–water partition coefficient (Wildman–Crippen LogP) is 3.39. The predicted molar refractivity (Wildman–Crippen MR) is 111 cm³/mol. The number of rotatable bonds is 4. The minimum atomic E-state index is -0.907. The molecular formula is C21H41O6Ti-. The van der Waals surface area contributed by atoms with Crippen LogP contribution in [0.1, 0.15) is 55.4 Å². The van der Waals surface area contributed by atoms with Crippen LogP contribution in [0, 0.1) is 12.0 Å². The molecule has 0 atom stereocenters. The zero-order valence-corrected chi connectivity index (χ0v) is 20.3. The van der Waals surface area contributed by atoms with E-state index >= 15 is 0 Å². The molecule has 0 aliphatic rings. The molecule has 7 heteroatoms. The largest absolute Gasteiger partial charge is 0.480 e. The maximum atomic E-state index is 9.86. The molecule has 0 fully saturated rings. The van der Waals surface area contributed by atoms with E-state index < -0.39 is 5.97 Å². The number of aliphatic hydroxyl groups excluding tert-OH is 3. The zero-order chi connectivity index (χ0) is 22.3. The summed E-state index contributed by atoms with van der Waals surface area (Å²) in [6, 6.07) is 12.5. The molecule has 166 valence electrons. The Morgan fingerprint density at radius 3 is 1.29 bits per heavy atom. The van der Waals surface area contributed by atoms with Crippen LogP contribution in [0.25, 0.3) is 0 Å². The minimum absolute atomic E-state index is 0. The molecule has 1 aromatic carbocycles. The SMILES string of the molecule is CC(C)COCC(=O)O.CC(C)O.CC(C)O.CC(C)O.[Ti].[c-]1ccccc1. The molecule has 0 aromatic heterocycles. The Kier molecular flexibility index (Phi) is 41.9. The molecule has 0 aliphatic heterocycles. The number of carboxylic acid groups (broad SMARTS) is 1. The second-order valence-electron chi connectivity index (χ2n) is 6.66. The van der Waals surface area contributed by atoms with Crippen molar-refractivity contribution in [2.75, 3.05) is 13.2 Å². The quantitative estimate of drug-likeness (QED) is 0.425. The van der Waals surface area contributed by atoms with Crippen molar-refractivity contribution in [1.29, 1.82) is 0 Å². The second-order valence-corrected chi connectivity index (χ2v) is 6.66. The van der Waals surface area contributed by atoms with Gasteiger partial charge in [0.15, 0.2) is 0 Å². The molecule has 0 aliphatic carbocycles. The normalized spacial score (nSPS) is 8.82. The summed E-state index contributed by atoms with van der Waals surface area (Å²) in [7, 11) is 0. The Morgan fingerprint density at radius 1 is 0.821 bits per heavy atom. The number of carbonyl (C=O) groups is 1. The van der Waals surface area contributed by atoms with Gasteiger partial charge in [-0.1, -0.05) is 13.8 Å². The van der Waals surface area contributed by atoms with Crippen LogP contribution < -0.4 is 0 Å². The van der Waals surface area contributed by atoms with Gasteiger partial charge in [-0.05, 0) is 47.5 Å². The van der Waals surface area contributed by atoms with Crippen molar-refractivity contribution in [2.24, 2.45) is 5.92 Å². The van der Waals surface area contributed by atoms with E-state index in [9.17, 15) is 4.79 Å². The summed E-state index contributed by atoms with van der Waals surface area (Å²) >= 11 is 0. The van der Waals surface area contributed by atoms with Crippen molar-refractivity contribution in [2.45, 2.75) is 73.7 Å². The van der Waals surface area contributed by atoms with Crippen LogP contribution in [0.3, 0.4) is 0 Å². The molecule has 0 unspecified atom stereocenters. The Bertz CT molecular complexity index is 321. The molecule has 0 saturated carbocycles. The summed E-state index contributed by atoms with van der Waals surface area (Å²) in [5.41, 5.74) is 0. The molecule has 1 rings (SSSR count). The smallest absolute Gasteiger partial charge is 0.329 e. The first-order valence-corrected chi connectivity index (χ1v) is 9.07. The molecule has 4 N–H and O–H groups in total. The average Bonchev–Trinajstić information content (AvgIpc) is 2.47. The summed E-state index contributed by atoms with van der Waals surface area (Å²) in [6.45, 7) is 14.6. The van der Waals surface area contributed by atoms with E-state index in [-0.39, 0.29) is 46.6 Å². The van der Waals surface area contributed by atoms with Gasteiger partial charge < -0.3 is 25.2 Å². The van der Waals surface area contributed by atoms with Gasteiger partial charge >= 0.3 is 5.97 Å². The van der Waals surface area contributed by atoms with Gasteiger partial charge in [-0.3, -0.25) is 0 Å². The molecule has 0 amide bonds. The van der Waals surface area contributed by atoms with Gasteiger partial charge in [0, 0.05) is 46.6 Å². The molecule has 0 bridgehead atoms. The first kappa shape index (κ1) is 37.9. The van der Waals surface area contributed by atoms with Crippen molar-refractivity contribution in [3.8, 4) is 0 Å². The van der Waals surface area contributed by atoms with Crippen LogP contribution in [0.5, 0.6) is 0 Å². The van der Waals surface area contributed by atoms with Gasteiger partial charge in [-0.2, -0.15) is 36.4 Å². The number of hydrogen-bond donors (Lipinski definition) is 4. The molecule has 6 nitrogen and oxygen atoms in total. The van der Waals surface area contributed by atoms with Crippen LogP contribution in [0.15, 0.2) is 30.3 Å². The van der Waals surface area contributed by atoms with Gasteiger partial charge in [0.1, 0.15) is 6.61 Å². The van der Waals surface area contributed by atoms with E-state index in [1.54, 1.807) is 41.5 Å². The Labute approximate surface area is 186 Å². The number of benzene rings is 1. The third kappa shape index (κ3) is 117. The van der Waals surface area contributed by atoms with E-state index in [4.69, 9.17) is 25.2 Å². The van der Waals surface area contributed by atoms with E-state index in [0.29, 0.717) is 12.5 Å². The van der Waals surface area contributed by atoms with Crippen LogP contribution in [-0.2, 0) is 31.2 Å². The minimum Gasteiger partial charge on any atom is -0.480 e. The molecule has 0 heterocycles. The molecule has 0 saturated heterocycles. The van der Waals surface area contributed by atoms with Crippen molar-refractivity contribution in [3.05, 3.63) is 36.4 Å². The first-order valence-electron chi connectivity index (χ1n) is 9.07. The number of aliphatic carboxylic acids is 1. The third-order valence-corrected chi connectivity index (χ3v) is 1.28. The Morgan fingerprint density at radius 2 is 1.14 bits per heavy atom. The molecule has 28 heavy (non-hydrogen) atoms. The Hall–Kier alpha value is -0.756. The summed E-state index contributed by atoms with van der Waals surface area (Å²) < 4.78 is 4.76. The van der Waals surface area contributed by atoms with Crippen molar-refractivity contribution >= 4 is 5.97 Å². The molecule has 1 aromatic rings. The molecule has 0 radical (unpaired) electrons. The van der Waals surface area contributed by atoms with Crippen molar-refractivity contribution in [1.82, 2.24) is 0 Å². The summed E-state index contributed by atoms with van der Waals surface area (Å²) in [5, 5.41) is 32.3.